The highest BCUT2D eigenvalue weighted by Gasteiger charge is 2.35. The van der Waals surface area contributed by atoms with Crippen molar-refractivity contribution >= 4 is 34.8 Å². The zero-order chi connectivity index (χ0) is 19.6. The zero-order valence-electron chi connectivity index (χ0n) is 14.1. The van der Waals surface area contributed by atoms with E-state index in [0.717, 1.165) is 19.2 Å². The van der Waals surface area contributed by atoms with Gasteiger partial charge in [0.2, 0.25) is 0 Å². The van der Waals surface area contributed by atoms with Gasteiger partial charge in [0, 0.05) is 0 Å². The molecule has 0 fully saturated rings. The minimum absolute atomic E-state index is 0.00680. The van der Waals surface area contributed by atoms with Gasteiger partial charge in [-0.05, 0) is 35.5 Å². The quantitative estimate of drug-likeness (QED) is 0.477. The van der Waals surface area contributed by atoms with Crippen LogP contribution in [-0.4, -0.2) is 24.0 Å². The number of Topliss-reactive ketones (excluding diaryl/α,β-unsaturated/α-hetero) is 1. The normalized spacial score (nSPS) is 16.4. The van der Waals surface area contributed by atoms with Crippen molar-refractivity contribution in [2.75, 3.05) is 7.11 Å². The molecule has 8 heteroatoms. The number of rotatable bonds is 4. The van der Waals surface area contributed by atoms with Gasteiger partial charge in [0.1, 0.15) is 0 Å². The van der Waals surface area contributed by atoms with Crippen LogP contribution >= 0.6 is 12.2 Å². The predicted octanol–water partition coefficient (Wildman–Crippen LogP) is 2.64. The number of hydrogen-bond acceptors (Lipinski definition) is 4. The Kier molecular flexibility index (Phi) is 5.27. The van der Waals surface area contributed by atoms with E-state index in [-0.39, 0.29) is 16.2 Å². The fraction of sp³-hybridized carbons (Fsp3) is 0.105. The van der Waals surface area contributed by atoms with Crippen LogP contribution in [0.3, 0.4) is 0 Å². The minimum Gasteiger partial charge on any atom is -0.463 e. The monoisotopic (exact) mass is 388 g/mol. The van der Waals surface area contributed by atoms with Gasteiger partial charge in [-0.15, -0.1) is 0 Å². The molecule has 0 radical (unpaired) electrons. The summed E-state index contributed by atoms with van der Waals surface area (Å²) in [4.78, 5) is 24.7. The Morgan fingerprint density at radius 1 is 1.07 bits per heavy atom. The van der Waals surface area contributed by atoms with Crippen molar-refractivity contribution in [1.29, 1.82) is 0 Å². The van der Waals surface area contributed by atoms with Crippen LogP contribution in [0.2, 0.25) is 0 Å². The molecule has 27 heavy (non-hydrogen) atoms. The molecule has 0 saturated heterocycles. The molecule has 0 saturated carbocycles. The van der Waals surface area contributed by atoms with Gasteiger partial charge in [-0.25, -0.2) is 13.6 Å². The molecule has 2 aromatic rings. The summed E-state index contributed by atoms with van der Waals surface area (Å²) in [6.45, 7) is 0. The predicted molar refractivity (Wildman–Crippen MR) is 98.4 cm³/mol. The van der Waals surface area contributed by atoms with E-state index in [2.05, 4.69) is 15.4 Å². The number of ketones is 1. The minimum atomic E-state index is -1.08. The molecule has 2 aromatic carbocycles. The van der Waals surface area contributed by atoms with Crippen LogP contribution in [0.4, 0.5) is 8.78 Å². The molecule has 1 aliphatic heterocycles. The number of benzene rings is 2. The molecule has 5 nitrogen and oxygen atoms in total. The van der Waals surface area contributed by atoms with E-state index in [1.54, 1.807) is 30.3 Å². The van der Waals surface area contributed by atoms with E-state index < -0.39 is 29.4 Å². The van der Waals surface area contributed by atoms with Crippen molar-refractivity contribution in [1.82, 2.24) is 10.6 Å². The van der Waals surface area contributed by atoms with Crippen LogP contribution in [0.1, 0.15) is 17.2 Å². The Labute approximate surface area is 159 Å². The lowest BCUT2D eigenvalue weighted by Crippen LogP contribution is -2.46. The van der Waals surface area contributed by atoms with Crippen molar-refractivity contribution in [3.63, 3.8) is 0 Å². The molecule has 0 aromatic heterocycles. The molecule has 2 N–H and O–H groups in total. The number of carbonyl (C=O) groups excluding carboxylic acids is 2. The lowest BCUT2D eigenvalue weighted by molar-refractivity contribution is -0.150. The lowest BCUT2D eigenvalue weighted by atomic mass is 9.90. The Morgan fingerprint density at radius 3 is 2.41 bits per heavy atom. The summed E-state index contributed by atoms with van der Waals surface area (Å²) in [7, 11) is 1.09. The third-order valence-electron chi connectivity index (χ3n) is 4.03. The first kappa shape index (κ1) is 18.7. The topological polar surface area (TPSA) is 67.4 Å². The Balaban J connectivity index is 2.23. The van der Waals surface area contributed by atoms with E-state index in [4.69, 9.17) is 12.2 Å². The molecule has 0 aliphatic carbocycles. The SMILES string of the molecule is COC(=O)C(=O)C1=C(c2ccccc2)NC(=S)N[C@H]1c1ccc(F)c(F)c1. The highest BCUT2D eigenvalue weighted by Crippen LogP contribution is 2.32. The van der Waals surface area contributed by atoms with E-state index in [1.165, 1.54) is 6.07 Å². The molecule has 0 unspecified atom stereocenters. The molecule has 1 heterocycles. The summed E-state index contributed by atoms with van der Waals surface area (Å²) < 4.78 is 31.7. The molecule has 0 amide bonds. The van der Waals surface area contributed by atoms with Gasteiger partial charge >= 0.3 is 5.97 Å². The summed E-state index contributed by atoms with van der Waals surface area (Å²) in [6.07, 6.45) is 0. The maximum atomic E-state index is 13.8. The number of halogens is 2. The molecule has 1 atom stereocenters. The summed E-state index contributed by atoms with van der Waals surface area (Å²) in [6, 6.07) is 11.0. The fourth-order valence-electron chi connectivity index (χ4n) is 2.79. The first-order chi connectivity index (χ1) is 12.9. The van der Waals surface area contributed by atoms with Crippen LogP contribution < -0.4 is 10.6 Å². The largest absolute Gasteiger partial charge is 0.463 e. The van der Waals surface area contributed by atoms with Gasteiger partial charge in [-0.3, -0.25) is 4.79 Å². The van der Waals surface area contributed by atoms with Gasteiger partial charge in [0.15, 0.2) is 16.7 Å². The van der Waals surface area contributed by atoms with Gasteiger partial charge in [0.05, 0.1) is 24.4 Å². The van der Waals surface area contributed by atoms with Crippen molar-refractivity contribution in [2.45, 2.75) is 6.04 Å². The smallest absolute Gasteiger partial charge is 0.379 e. The van der Waals surface area contributed by atoms with E-state index in [9.17, 15) is 18.4 Å². The third-order valence-corrected chi connectivity index (χ3v) is 4.25. The summed E-state index contributed by atoms with van der Waals surface area (Å²) in [5.41, 5.74) is 1.12. The Morgan fingerprint density at radius 2 is 1.78 bits per heavy atom. The second-order valence-electron chi connectivity index (χ2n) is 5.68. The number of carbonyl (C=O) groups is 2. The van der Waals surface area contributed by atoms with Crippen LogP contribution in [-0.2, 0) is 14.3 Å². The van der Waals surface area contributed by atoms with Gasteiger partial charge < -0.3 is 15.4 Å². The number of hydrogen-bond donors (Lipinski definition) is 2. The van der Waals surface area contributed by atoms with Gasteiger partial charge in [-0.2, -0.15) is 0 Å². The maximum Gasteiger partial charge on any atom is 0.379 e. The number of thiocarbonyl (C=S) groups is 1. The third kappa shape index (κ3) is 3.70. The highest BCUT2D eigenvalue weighted by molar-refractivity contribution is 7.80. The number of nitrogens with one attached hydrogen (secondary N) is 2. The maximum absolute atomic E-state index is 13.8. The van der Waals surface area contributed by atoms with Gasteiger partial charge in [0.25, 0.3) is 5.78 Å². The fourth-order valence-corrected chi connectivity index (χ4v) is 3.01. The molecule has 3 rings (SSSR count). The van der Waals surface area contributed by atoms with E-state index >= 15 is 0 Å². The number of ether oxygens (including phenoxy) is 1. The first-order valence-electron chi connectivity index (χ1n) is 7.87. The second kappa shape index (κ2) is 7.63. The number of esters is 1. The van der Waals surface area contributed by atoms with Crippen molar-refractivity contribution in [2.24, 2.45) is 0 Å². The standard InChI is InChI=1S/C19H14F2N2O3S/c1-26-18(25)17(24)14-15(10-5-3-2-4-6-10)22-19(27)23-16(14)11-7-8-12(20)13(21)9-11/h2-9,16H,1H3,(H2,22,23,27)/t16-/m0/s1. The summed E-state index contributed by atoms with van der Waals surface area (Å²) >= 11 is 5.20. The Bertz CT molecular complexity index is 961. The summed E-state index contributed by atoms with van der Waals surface area (Å²) in [5, 5.41) is 5.88. The van der Waals surface area contributed by atoms with Gasteiger partial charge in [-0.1, -0.05) is 36.4 Å². The molecular formula is C19H14F2N2O3S. The highest BCUT2D eigenvalue weighted by atomic mass is 32.1. The van der Waals surface area contributed by atoms with Crippen LogP contribution in [0.5, 0.6) is 0 Å². The second-order valence-corrected chi connectivity index (χ2v) is 6.09. The molecular weight excluding hydrogens is 374 g/mol. The lowest BCUT2D eigenvalue weighted by Gasteiger charge is -2.31. The zero-order valence-corrected chi connectivity index (χ0v) is 14.9. The van der Waals surface area contributed by atoms with E-state index in [1.807, 2.05) is 0 Å². The van der Waals surface area contributed by atoms with Crippen LogP contribution in [0.25, 0.3) is 5.70 Å². The first-order valence-corrected chi connectivity index (χ1v) is 8.28. The average Bonchev–Trinajstić information content (AvgIpc) is 2.69. The number of methoxy groups -OCH3 is 1. The van der Waals surface area contributed by atoms with E-state index in [0.29, 0.717) is 11.3 Å². The molecule has 138 valence electrons. The van der Waals surface area contributed by atoms with Crippen molar-refractivity contribution < 1.29 is 23.1 Å². The molecule has 0 spiro atoms. The van der Waals surface area contributed by atoms with Crippen molar-refractivity contribution in [3.8, 4) is 0 Å². The average molecular weight is 388 g/mol. The van der Waals surface area contributed by atoms with Crippen LogP contribution in [0.15, 0.2) is 54.1 Å². The Hall–Kier alpha value is -3.13. The molecule has 0 bridgehead atoms. The van der Waals surface area contributed by atoms with Crippen molar-refractivity contribution in [3.05, 3.63) is 76.9 Å². The van der Waals surface area contributed by atoms with Crippen LogP contribution in [0, 0.1) is 11.6 Å². The summed E-state index contributed by atoms with van der Waals surface area (Å²) in [5.74, 6) is -4.11. The molecule has 1 aliphatic rings.